The number of piperazine rings is 1. The molecule has 5 aliphatic heterocycles. The number of rotatable bonds is 8. The summed E-state index contributed by atoms with van der Waals surface area (Å²) in [6.07, 6.45) is 1.60. The van der Waals surface area contributed by atoms with Gasteiger partial charge >= 0.3 is 6.01 Å². The van der Waals surface area contributed by atoms with Crippen molar-refractivity contribution in [3.8, 4) is 23.2 Å². The lowest BCUT2D eigenvalue weighted by atomic mass is 9.90. The number of β-amino-alcohol motifs (C(OH)–C–C–N with tert-alkyl or cyclic N) is 1. The maximum atomic E-state index is 17.5. The van der Waals surface area contributed by atoms with Crippen molar-refractivity contribution >= 4 is 43.1 Å². The van der Waals surface area contributed by atoms with Crippen molar-refractivity contribution < 1.29 is 32.1 Å². The number of halogens is 4. The summed E-state index contributed by atoms with van der Waals surface area (Å²) >= 11 is 1.14. The number of benzene rings is 2. The topological polar surface area (TPSA) is 124 Å². The van der Waals surface area contributed by atoms with E-state index in [1.807, 2.05) is 0 Å². The zero-order chi connectivity index (χ0) is 35.2. The number of ether oxygens (including phenoxy) is 2. The Balaban J connectivity index is 1.23. The van der Waals surface area contributed by atoms with E-state index in [0.29, 0.717) is 53.1 Å². The predicted molar refractivity (Wildman–Crippen MR) is 184 cm³/mol. The number of aliphatic hydroxyl groups excluding tert-OH is 1. The molecule has 5 atom stereocenters. The minimum absolute atomic E-state index is 0.0110. The van der Waals surface area contributed by atoms with E-state index in [0.717, 1.165) is 43.6 Å². The van der Waals surface area contributed by atoms with Crippen molar-refractivity contribution in [3.05, 3.63) is 40.5 Å². The molecule has 0 radical (unpaired) electrons. The molecular weight excluding hydrogens is 687 g/mol. The number of fused-ring (bicyclic) bond motifs is 7. The van der Waals surface area contributed by atoms with Crippen LogP contribution in [0.1, 0.15) is 48.8 Å². The third-order valence-corrected chi connectivity index (χ3v) is 12.6. The van der Waals surface area contributed by atoms with Gasteiger partial charge in [0.2, 0.25) is 0 Å². The first-order valence-corrected chi connectivity index (χ1v) is 18.3. The Bertz CT molecular complexity index is 2100. The zero-order valence-electron chi connectivity index (χ0n) is 27.8. The molecule has 10 nitrogen and oxygen atoms in total. The van der Waals surface area contributed by atoms with E-state index in [1.54, 1.807) is 0 Å². The van der Waals surface area contributed by atoms with E-state index in [4.69, 9.17) is 20.2 Å². The quantitative estimate of drug-likeness (QED) is 0.234. The molecule has 0 spiro atoms. The Hall–Kier alpha value is -3.81. The molecule has 0 amide bonds. The van der Waals surface area contributed by atoms with E-state index >= 15 is 8.78 Å². The number of nitriles is 1. The standard InChI is InChI=1S/C36H37F4N7O3S/c37-9-21(48)14-45-12-19-2-3-20(13-45)47(19)34-29-24-16-49-15-23(24)28(30-25(39)4-5-26-27(30)22(10-41)33(42)51-26)31(40)32(29)43-35(44-34)50-17-36-6-1-7-46(36)11-18(38)8-36/h4-5,18-21,48H,1-3,6-9,11-17,42H2/t18?,19?,20?,21?,36-/m0/s1. The largest absolute Gasteiger partial charge is 0.461 e. The van der Waals surface area contributed by atoms with Crippen molar-refractivity contribution in [1.82, 2.24) is 19.8 Å². The highest BCUT2D eigenvalue weighted by Gasteiger charge is 2.50. The normalized spacial score (nSPS) is 26.7. The van der Waals surface area contributed by atoms with Crippen LogP contribution in [-0.4, -0.2) is 101 Å². The first-order valence-electron chi connectivity index (χ1n) is 17.5. The lowest BCUT2D eigenvalue weighted by Crippen LogP contribution is -2.55. The van der Waals surface area contributed by atoms with E-state index in [9.17, 15) is 19.1 Å². The average molecular weight is 724 g/mol. The molecular formula is C36H37F4N7O3S. The first-order chi connectivity index (χ1) is 24.7. The van der Waals surface area contributed by atoms with Gasteiger partial charge in [-0.2, -0.15) is 15.2 Å². The second-order valence-electron chi connectivity index (χ2n) is 14.6. The fourth-order valence-electron chi connectivity index (χ4n) is 9.52. The van der Waals surface area contributed by atoms with Crippen LogP contribution in [0.5, 0.6) is 6.01 Å². The summed E-state index contributed by atoms with van der Waals surface area (Å²) in [5, 5.41) is 21.0. The third kappa shape index (κ3) is 5.16. The van der Waals surface area contributed by atoms with Crippen molar-refractivity contribution in [3.63, 3.8) is 0 Å². The van der Waals surface area contributed by atoms with E-state index in [2.05, 4.69) is 25.8 Å². The number of thiophene rings is 1. The molecule has 4 aromatic rings. The molecule has 3 N–H and O–H groups in total. The average Bonchev–Trinajstić information content (AvgIpc) is 3.92. The van der Waals surface area contributed by atoms with Gasteiger partial charge in [-0.3, -0.25) is 9.80 Å². The molecule has 2 aromatic heterocycles. The van der Waals surface area contributed by atoms with Gasteiger partial charge in [0.25, 0.3) is 0 Å². The van der Waals surface area contributed by atoms with Gasteiger partial charge in [0.05, 0.1) is 35.8 Å². The highest BCUT2D eigenvalue weighted by molar-refractivity contribution is 7.23. The van der Waals surface area contributed by atoms with Crippen LogP contribution in [0, 0.1) is 23.0 Å². The molecule has 4 unspecified atom stereocenters. The molecule has 4 fully saturated rings. The monoisotopic (exact) mass is 723 g/mol. The lowest BCUT2D eigenvalue weighted by Gasteiger charge is -2.42. The molecule has 15 heteroatoms. The van der Waals surface area contributed by atoms with Crippen molar-refractivity contribution in [1.29, 1.82) is 5.26 Å². The van der Waals surface area contributed by atoms with Crippen LogP contribution in [0.25, 0.3) is 32.1 Å². The van der Waals surface area contributed by atoms with Gasteiger partial charge in [0.1, 0.15) is 47.7 Å². The molecule has 5 aliphatic rings. The molecule has 9 rings (SSSR count). The number of likely N-dealkylation sites (tertiary alicyclic amines) is 1. The Kier molecular flexibility index (Phi) is 8.04. The van der Waals surface area contributed by atoms with Crippen molar-refractivity contribution in [2.75, 3.05) is 56.6 Å². The SMILES string of the molecule is N#Cc1c(N)sc2ccc(F)c(-c3c4c(c5c(N6C7CCC6CN(CC(O)CF)C7)nc(OC[C@@]67CCCN6CC(F)C7)nc5c3F)COC4)c12. The summed E-state index contributed by atoms with van der Waals surface area (Å²) in [5.41, 5.74) is 6.69. The van der Waals surface area contributed by atoms with Crippen LogP contribution >= 0.6 is 11.3 Å². The Morgan fingerprint density at radius 2 is 1.90 bits per heavy atom. The maximum Gasteiger partial charge on any atom is 0.319 e. The molecule has 7 heterocycles. The molecule has 268 valence electrons. The summed E-state index contributed by atoms with van der Waals surface area (Å²) in [4.78, 5) is 16.0. The molecule has 0 aliphatic carbocycles. The summed E-state index contributed by atoms with van der Waals surface area (Å²) < 4.78 is 74.3. The van der Waals surface area contributed by atoms with Gasteiger partial charge in [-0.25, -0.2) is 17.6 Å². The van der Waals surface area contributed by atoms with Crippen LogP contribution in [0.3, 0.4) is 0 Å². The second-order valence-corrected chi connectivity index (χ2v) is 15.7. The highest BCUT2D eigenvalue weighted by Crippen LogP contribution is 2.49. The van der Waals surface area contributed by atoms with Gasteiger partial charge in [-0.1, -0.05) is 0 Å². The highest BCUT2D eigenvalue weighted by atomic mass is 32.1. The predicted octanol–water partition coefficient (Wildman–Crippen LogP) is 5.21. The summed E-state index contributed by atoms with van der Waals surface area (Å²) in [6.45, 7) is 1.85. The lowest BCUT2D eigenvalue weighted by molar-refractivity contribution is 0.0794. The van der Waals surface area contributed by atoms with Gasteiger partial charge in [0.15, 0.2) is 5.82 Å². The fraction of sp³-hybridized carbons (Fsp3) is 0.528. The summed E-state index contributed by atoms with van der Waals surface area (Å²) in [5.74, 6) is -1.01. The van der Waals surface area contributed by atoms with Gasteiger partial charge < -0.3 is 25.2 Å². The second kappa shape index (κ2) is 12.4. The number of hydrogen-bond donors (Lipinski definition) is 2. The van der Waals surface area contributed by atoms with Crippen LogP contribution in [0.15, 0.2) is 12.1 Å². The van der Waals surface area contributed by atoms with Gasteiger partial charge in [-0.15, -0.1) is 11.3 Å². The minimum Gasteiger partial charge on any atom is -0.461 e. The number of hydrogen-bond acceptors (Lipinski definition) is 11. The minimum atomic E-state index is -1.08. The van der Waals surface area contributed by atoms with Crippen LogP contribution in [-0.2, 0) is 18.0 Å². The number of anilines is 2. The van der Waals surface area contributed by atoms with E-state index < -0.39 is 36.1 Å². The van der Waals surface area contributed by atoms with E-state index in [-0.39, 0.29) is 77.1 Å². The Labute approximate surface area is 295 Å². The van der Waals surface area contributed by atoms with E-state index in [1.165, 1.54) is 12.1 Å². The number of aliphatic hydroxyl groups is 1. The zero-order valence-corrected chi connectivity index (χ0v) is 28.6. The molecule has 51 heavy (non-hydrogen) atoms. The maximum absolute atomic E-state index is 17.5. The van der Waals surface area contributed by atoms with Crippen molar-refractivity contribution in [2.24, 2.45) is 0 Å². The van der Waals surface area contributed by atoms with Crippen LogP contribution < -0.4 is 15.4 Å². The number of nitrogens with two attached hydrogens (primary N) is 1. The van der Waals surface area contributed by atoms with Gasteiger partial charge in [0, 0.05) is 65.9 Å². The Morgan fingerprint density at radius 1 is 1.12 bits per heavy atom. The molecule has 2 bridgehead atoms. The molecule has 0 saturated carbocycles. The van der Waals surface area contributed by atoms with Crippen LogP contribution in [0.4, 0.5) is 28.4 Å². The molecule has 2 aromatic carbocycles. The van der Waals surface area contributed by atoms with Crippen LogP contribution in [0.2, 0.25) is 0 Å². The number of nitrogen functional groups attached to an aromatic ring is 1. The Morgan fingerprint density at radius 3 is 2.67 bits per heavy atom. The number of alkyl halides is 2. The summed E-state index contributed by atoms with van der Waals surface area (Å²) in [6, 6.07) is 4.69. The third-order valence-electron chi connectivity index (χ3n) is 11.6. The van der Waals surface area contributed by atoms with Gasteiger partial charge in [-0.05, 0) is 55.5 Å². The summed E-state index contributed by atoms with van der Waals surface area (Å²) in [7, 11) is 0. The molecule has 4 saturated heterocycles. The smallest absolute Gasteiger partial charge is 0.319 e. The number of nitrogens with zero attached hydrogens (tertiary/aromatic N) is 6. The fourth-order valence-corrected chi connectivity index (χ4v) is 10.5. The van der Waals surface area contributed by atoms with Crippen molar-refractivity contribution in [2.45, 2.75) is 75.2 Å². The first kappa shape index (κ1) is 33.1. The number of aromatic nitrogens is 2.